The van der Waals surface area contributed by atoms with Crippen molar-refractivity contribution in [3.8, 4) is 0 Å². The van der Waals surface area contributed by atoms with Crippen molar-refractivity contribution in [3.63, 3.8) is 0 Å². The first-order valence-electron chi connectivity index (χ1n) is 8.21. The number of carbonyl (C=O) groups is 1. The van der Waals surface area contributed by atoms with Crippen molar-refractivity contribution in [1.82, 2.24) is 19.4 Å². The number of fused-ring (bicyclic) bond motifs is 1. The molecule has 5 heteroatoms. The SMILES string of the molecule is CCCn1c(C2CCN(C(=O)C(C)C)C2)nc2cccnc21. The molecule has 0 bridgehead atoms. The monoisotopic (exact) mass is 300 g/mol. The van der Waals surface area contributed by atoms with Gasteiger partial charge in [0.1, 0.15) is 11.3 Å². The van der Waals surface area contributed by atoms with E-state index in [-0.39, 0.29) is 11.8 Å². The largest absolute Gasteiger partial charge is 0.342 e. The van der Waals surface area contributed by atoms with Gasteiger partial charge in [-0.15, -0.1) is 0 Å². The summed E-state index contributed by atoms with van der Waals surface area (Å²) in [6.45, 7) is 8.64. The van der Waals surface area contributed by atoms with Crippen LogP contribution in [-0.4, -0.2) is 38.4 Å². The van der Waals surface area contributed by atoms with E-state index in [9.17, 15) is 4.79 Å². The summed E-state index contributed by atoms with van der Waals surface area (Å²) >= 11 is 0. The van der Waals surface area contributed by atoms with E-state index in [2.05, 4.69) is 16.5 Å². The summed E-state index contributed by atoms with van der Waals surface area (Å²) in [5, 5.41) is 0. The zero-order valence-corrected chi connectivity index (χ0v) is 13.6. The van der Waals surface area contributed by atoms with Crippen LogP contribution in [0.15, 0.2) is 18.3 Å². The highest BCUT2D eigenvalue weighted by Gasteiger charge is 2.31. The molecular formula is C17H24N4O. The molecule has 0 radical (unpaired) electrons. The lowest BCUT2D eigenvalue weighted by molar-refractivity contribution is -0.133. The first-order chi connectivity index (χ1) is 10.6. The van der Waals surface area contributed by atoms with Gasteiger partial charge in [-0.1, -0.05) is 20.8 Å². The highest BCUT2D eigenvalue weighted by atomic mass is 16.2. The fraction of sp³-hybridized carbons (Fsp3) is 0.588. The normalized spacial score (nSPS) is 18.5. The fourth-order valence-electron chi connectivity index (χ4n) is 3.27. The minimum atomic E-state index is 0.0647. The standard InChI is InChI=1S/C17H24N4O/c1-4-9-21-15(19-14-6-5-8-18-16(14)21)13-7-10-20(11-13)17(22)12(2)3/h5-6,8,12-13H,4,7,9-11H2,1-3H3. The van der Waals surface area contributed by atoms with Crippen molar-refractivity contribution in [3.05, 3.63) is 24.2 Å². The van der Waals surface area contributed by atoms with Crippen molar-refractivity contribution in [2.24, 2.45) is 5.92 Å². The van der Waals surface area contributed by atoms with E-state index in [1.165, 1.54) is 0 Å². The Morgan fingerprint density at radius 2 is 2.27 bits per heavy atom. The topological polar surface area (TPSA) is 51.0 Å². The summed E-state index contributed by atoms with van der Waals surface area (Å²) in [5.74, 6) is 1.73. The summed E-state index contributed by atoms with van der Waals surface area (Å²) in [4.78, 5) is 23.5. The molecule has 1 atom stereocenters. The van der Waals surface area contributed by atoms with Crippen LogP contribution in [-0.2, 0) is 11.3 Å². The van der Waals surface area contributed by atoms with Gasteiger partial charge in [0.2, 0.25) is 5.91 Å². The maximum atomic E-state index is 12.2. The number of carbonyl (C=O) groups excluding carboxylic acids is 1. The Labute approximate surface area is 131 Å². The van der Waals surface area contributed by atoms with Gasteiger partial charge in [-0.2, -0.15) is 0 Å². The average Bonchev–Trinajstić information content (AvgIpc) is 3.12. The zero-order chi connectivity index (χ0) is 15.7. The minimum absolute atomic E-state index is 0.0647. The third kappa shape index (κ3) is 2.60. The average molecular weight is 300 g/mol. The molecular weight excluding hydrogens is 276 g/mol. The lowest BCUT2D eigenvalue weighted by Crippen LogP contribution is -2.32. The third-order valence-corrected chi connectivity index (χ3v) is 4.34. The van der Waals surface area contributed by atoms with Crippen LogP contribution in [0.25, 0.3) is 11.2 Å². The number of pyridine rings is 1. The first-order valence-corrected chi connectivity index (χ1v) is 8.21. The summed E-state index contributed by atoms with van der Waals surface area (Å²) < 4.78 is 2.24. The van der Waals surface area contributed by atoms with Gasteiger partial charge >= 0.3 is 0 Å². The predicted octanol–water partition coefficient (Wildman–Crippen LogP) is 2.81. The molecule has 1 aliphatic rings. The second-order valence-electron chi connectivity index (χ2n) is 6.39. The molecule has 1 amide bonds. The Morgan fingerprint density at radius 3 is 3.00 bits per heavy atom. The molecule has 0 spiro atoms. The Kier molecular flexibility index (Phi) is 4.14. The number of imidazole rings is 1. The molecule has 1 fully saturated rings. The molecule has 0 aromatic carbocycles. The summed E-state index contributed by atoms with van der Waals surface area (Å²) in [7, 11) is 0. The summed E-state index contributed by atoms with van der Waals surface area (Å²) in [6.07, 6.45) is 3.87. The molecule has 5 nitrogen and oxygen atoms in total. The number of likely N-dealkylation sites (tertiary alicyclic amines) is 1. The Balaban J connectivity index is 1.90. The number of rotatable bonds is 4. The van der Waals surface area contributed by atoms with Crippen molar-refractivity contribution >= 4 is 17.1 Å². The zero-order valence-electron chi connectivity index (χ0n) is 13.6. The maximum absolute atomic E-state index is 12.2. The lowest BCUT2D eigenvalue weighted by atomic mass is 10.1. The molecule has 1 unspecified atom stereocenters. The Morgan fingerprint density at radius 1 is 1.45 bits per heavy atom. The van der Waals surface area contributed by atoms with E-state index >= 15 is 0 Å². The van der Waals surface area contributed by atoms with E-state index in [4.69, 9.17) is 4.98 Å². The van der Waals surface area contributed by atoms with Crippen LogP contribution >= 0.6 is 0 Å². The van der Waals surface area contributed by atoms with Crippen molar-refractivity contribution in [2.75, 3.05) is 13.1 Å². The van der Waals surface area contributed by atoms with Crippen LogP contribution in [0.2, 0.25) is 0 Å². The smallest absolute Gasteiger partial charge is 0.225 e. The van der Waals surface area contributed by atoms with E-state index < -0.39 is 0 Å². The van der Waals surface area contributed by atoms with Gasteiger partial charge in [-0.05, 0) is 25.0 Å². The number of amides is 1. The molecule has 0 aliphatic carbocycles. The third-order valence-electron chi connectivity index (χ3n) is 4.34. The number of aryl methyl sites for hydroxylation is 1. The van der Waals surface area contributed by atoms with E-state index in [1.54, 1.807) is 0 Å². The minimum Gasteiger partial charge on any atom is -0.342 e. The molecule has 2 aromatic heterocycles. The van der Waals surface area contributed by atoms with Gasteiger partial charge in [-0.3, -0.25) is 4.79 Å². The molecule has 3 rings (SSSR count). The quantitative estimate of drug-likeness (QED) is 0.872. The molecule has 0 N–H and O–H groups in total. The Hall–Kier alpha value is -1.91. The van der Waals surface area contributed by atoms with Gasteiger partial charge < -0.3 is 9.47 Å². The summed E-state index contributed by atoms with van der Waals surface area (Å²) in [6, 6.07) is 3.95. The molecule has 1 aliphatic heterocycles. The number of nitrogens with zero attached hydrogens (tertiary/aromatic N) is 4. The Bertz CT molecular complexity index is 676. The van der Waals surface area contributed by atoms with Crippen molar-refractivity contribution in [2.45, 2.75) is 46.1 Å². The van der Waals surface area contributed by atoms with Crippen molar-refractivity contribution in [1.29, 1.82) is 0 Å². The number of aromatic nitrogens is 3. The van der Waals surface area contributed by atoms with Crippen LogP contribution in [0.3, 0.4) is 0 Å². The fourth-order valence-corrected chi connectivity index (χ4v) is 3.27. The van der Waals surface area contributed by atoms with Gasteiger partial charge in [0.05, 0.1) is 0 Å². The second-order valence-corrected chi connectivity index (χ2v) is 6.39. The number of hydrogen-bond acceptors (Lipinski definition) is 3. The predicted molar refractivity (Wildman–Crippen MR) is 86.6 cm³/mol. The van der Waals surface area contributed by atoms with Gasteiger partial charge in [0, 0.05) is 37.7 Å². The molecule has 22 heavy (non-hydrogen) atoms. The van der Waals surface area contributed by atoms with E-state index in [0.29, 0.717) is 5.92 Å². The van der Waals surface area contributed by atoms with Crippen LogP contribution in [0.1, 0.15) is 45.4 Å². The van der Waals surface area contributed by atoms with Crippen LogP contribution < -0.4 is 0 Å². The van der Waals surface area contributed by atoms with E-state index in [1.807, 2.05) is 37.1 Å². The van der Waals surface area contributed by atoms with Crippen LogP contribution in [0.5, 0.6) is 0 Å². The molecule has 1 saturated heterocycles. The van der Waals surface area contributed by atoms with Crippen LogP contribution in [0, 0.1) is 5.92 Å². The molecule has 2 aromatic rings. The molecule has 118 valence electrons. The van der Waals surface area contributed by atoms with Gasteiger partial charge in [-0.25, -0.2) is 9.97 Å². The van der Waals surface area contributed by atoms with Crippen molar-refractivity contribution < 1.29 is 4.79 Å². The summed E-state index contributed by atoms with van der Waals surface area (Å²) in [5.41, 5.74) is 1.92. The van der Waals surface area contributed by atoms with E-state index in [0.717, 1.165) is 49.5 Å². The molecule has 0 saturated carbocycles. The maximum Gasteiger partial charge on any atom is 0.225 e. The molecule has 3 heterocycles. The highest BCUT2D eigenvalue weighted by Crippen LogP contribution is 2.29. The van der Waals surface area contributed by atoms with Gasteiger partial charge in [0.25, 0.3) is 0 Å². The number of hydrogen-bond donors (Lipinski definition) is 0. The first kappa shape index (κ1) is 15.0. The lowest BCUT2D eigenvalue weighted by Gasteiger charge is -2.19. The second kappa shape index (κ2) is 6.07. The highest BCUT2D eigenvalue weighted by molar-refractivity contribution is 5.78. The van der Waals surface area contributed by atoms with Crippen LogP contribution in [0.4, 0.5) is 0 Å². The van der Waals surface area contributed by atoms with Gasteiger partial charge in [0.15, 0.2) is 5.65 Å².